The Labute approximate surface area is 164 Å². The molecule has 0 spiro atoms. The zero-order valence-electron chi connectivity index (χ0n) is 15.8. The molecule has 28 heavy (non-hydrogen) atoms. The van der Waals surface area contributed by atoms with E-state index in [2.05, 4.69) is 17.2 Å². The summed E-state index contributed by atoms with van der Waals surface area (Å²) in [4.78, 5) is 39.2. The fourth-order valence-electron chi connectivity index (χ4n) is 3.27. The fourth-order valence-corrected chi connectivity index (χ4v) is 3.27. The Hall–Kier alpha value is -3.41. The molecule has 6 heteroatoms. The molecule has 0 unspecified atom stereocenters. The Bertz CT molecular complexity index is 923. The molecule has 0 aromatic heterocycles. The van der Waals surface area contributed by atoms with Gasteiger partial charge in [-0.15, -0.1) is 6.58 Å². The van der Waals surface area contributed by atoms with Gasteiger partial charge in [0.05, 0.1) is 17.2 Å². The molecule has 0 bridgehead atoms. The van der Waals surface area contributed by atoms with E-state index in [-0.39, 0.29) is 24.1 Å². The summed E-state index contributed by atoms with van der Waals surface area (Å²) in [5, 5.41) is 5.52. The van der Waals surface area contributed by atoms with Crippen molar-refractivity contribution in [1.29, 1.82) is 0 Å². The van der Waals surface area contributed by atoms with Crippen molar-refractivity contribution in [3.8, 4) is 0 Å². The van der Waals surface area contributed by atoms with Gasteiger partial charge < -0.3 is 15.5 Å². The molecule has 144 valence electrons. The number of carbonyl (C=O) groups excluding carboxylic acids is 3. The minimum Gasteiger partial charge on any atom is -0.349 e. The van der Waals surface area contributed by atoms with Crippen molar-refractivity contribution in [2.24, 2.45) is 5.92 Å². The maximum Gasteiger partial charge on any atom is 0.253 e. The maximum atomic E-state index is 12.8. The van der Waals surface area contributed by atoms with E-state index in [1.165, 1.54) is 0 Å². The molecular weight excluding hydrogens is 354 g/mol. The highest BCUT2D eigenvalue weighted by Crippen LogP contribution is 2.28. The zero-order chi connectivity index (χ0) is 20.1. The average molecular weight is 377 g/mol. The second-order valence-corrected chi connectivity index (χ2v) is 6.73. The normalized spacial score (nSPS) is 16.0. The third kappa shape index (κ3) is 4.11. The summed E-state index contributed by atoms with van der Waals surface area (Å²) in [5.41, 5.74) is 2.61. The van der Waals surface area contributed by atoms with E-state index < -0.39 is 5.92 Å². The van der Waals surface area contributed by atoms with Crippen LogP contribution in [0.1, 0.15) is 22.3 Å². The summed E-state index contributed by atoms with van der Waals surface area (Å²) in [6.45, 7) is 6.17. The maximum absolute atomic E-state index is 12.8. The highest BCUT2D eigenvalue weighted by atomic mass is 16.2. The molecule has 1 fully saturated rings. The first-order chi connectivity index (χ1) is 13.5. The molecular formula is C22H23N3O3. The molecule has 2 N–H and O–H groups in total. The predicted octanol–water partition coefficient (Wildman–Crippen LogP) is 2.90. The lowest BCUT2D eigenvalue weighted by Crippen LogP contribution is -2.29. The third-order valence-electron chi connectivity index (χ3n) is 4.74. The fraction of sp³-hybridized carbons (Fsp3) is 0.227. The van der Waals surface area contributed by atoms with Crippen molar-refractivity contribution in [3.63, 3.8) is 0 Å². The minimum atomic E-state index is -0.476. The molecule has 1 saturated heterocycles. The van der Waals surface area contributed by atoms with Gasteiger partial charge in [0.25, 0.3) is 5.91 Å². The van der Waals surface area contributed by atoms with E-state index in [1.54, 1.807) is 35.2 Å². The van der Waals surface area contributed by atoms with Crippen LogP contribution in [-0.4, -0.2) is 30.8 Å². The van der Waals surface area contributed by atoms with Gasteiger partial charge in [-0.2, -0.15) is 0 Å². The van der Waals surface area contributed by atoms with E-state index >= 15 is 0 Å². The largest absolute Gasteiger partial charge is 0.349 e. The summed E-state index contributed by atoms with van der Waals surface area (Å²) in [6.07, 6.45) is 1.73. The van der Waals surface area contributed by atoms with Gasteiger partial charge >= 0.3 is 0 Å². The van der Waals surface area contributed by atoms with E-state index in [0.29, 0.717) is 24.3 Å². The molecule has 1 atom stereocenters. The number of nitrogens with zero attached hydrogens (tertiary/aromatic N) is 1. The van der Waals surface area contributed by atoms with Gasteiger partial charge in [0, 0.05) is 25.2 Å². The number of anilines is 2. The second kappa shape index (κ2) is 8.52. The number of rotatable bonds is 6. The molecule has 1 heterocycles. The lowest BCUT2D eigenvalue weighted by molar-refractivity contribution is -0.122. The third-order valence-corrected chi connectivity index (χ3v) is 4.74. The molecule has 1 aliphatic rings. The topological polar surface area (TPSA) is 78.5 Å². The summed E-state index contributed by atoms with van der Waals surface area (Å²) >= 11 is 0. The van der Waals surface area contributed by atoms with E-state index in [1.807, 2.05) is 31.2 Å². The molecule has 2 aromatic rings. The highest BCUT2D eigenvalue weighted by molar-refractivity contribution is 6.07. The van der Waals surface area contributed by atoms with Crippen molar-refractivity contribution in [2.45, 2.75) is 13.3 Å². The van der Waals surface area contributed by atoms with Crippen LogP contribution in [0.4, 0.5) is 11.4 Å². The van der Waals surface area contributed by atoms with Crippen LogP contribution in [0.25, 0.3) is 0 Å². The highest BCUT2D eigenvalue weighted by Gasteiger charge is 2.35. The molecule has 0 aliphatic carbocycles. The molecule has 1 aliphatic heterocycles. The number of carbonyl (C=O) groups is 3. The number of hydrogen-bond acceptors (Lipinski definition) is 3. The van der Waals surface area contributed by atoms with Gasteiger partial charge in [0.15, 0.2) is 0 Å². The van der Waals surface area contributed by atoms with Crippen molar-refractivity contribution in [2.75, 3.05) is 23.3 Å². The summed E-state index contributed by atoms with van der Waals surface area (Å²) in [5.74, 6) is -1.11. The Morgan fingerprint density at radius 3 is 2.64 bits per heavy atom. The van der Waals surface area contributed by atoms with E-state index in [4.69, 9.17) is 0 Å². The van der Waals surface area contributed by atoms with E-state index in [0.717, 1.165) is 11.3 Å². The Kier molecular flexibility index (Phi) is 5.89. The Morgan fingerprint density at radius 2 is 1.89 bits per heavy atom. The number of aryl methyl sites for hydroxylation is 1. The van der Waals surface area contributed by atoms with Crippen molar-refractivity contribution in [1.82, 2.24) is 5.32 Å². The van der Waals surface area contributed by atoms with Crippen LogP contribution in [0.15, 0.2) is 61.2 Å². The number of hydrogen-bond donors (Lipinski definition) is 2. The molecule has 3 amide bonds. The Morgan fingerprint density at radius 1 is 1.18 bits per heavy atom. The van der Waals surface area contributed by atoms with Crippen molar-refractivity contribution >= 4 is 29.1 Å². The average Bonchev–Trinajstić information content (AvgIpc) is 3.08. The number of para-hydroxylation sites is 2. The number of nitrogens with one attached hydrogen (secondary N) is 2. The van der Waals surface area contributed by atoms with Gasteiger partial charge in [0.1, 0.15) is 0 Å². The summed E-state index contributed by atoms with van der Waals surface area (Å²) in [7, 11) is 0. The molecule has 0 radical (unpaired) electrons. The molecule has 2 aromatic carbocycles. The van der Waals surface area contributed by atoms with Gasteiger partial charge in [-0.25, -0.2) is 0 Å². The quantitative estimate of drug-likeness (QED) is 0.760. The number of benzene rings is 2. The van der Waals surface area contributed by atoms with E-state index in [9.17, 15) is 14.4 Å². The van der Waals surface area contributed by atoms with Crippen LogP contribution in [-0.2, 0) is 9.59 Å². The van der Waals surface area contributed by atoms with Gasteiger partial charge in [-0.3, -0.25) is 14.4 Å². The summed E-state index contributed by atoms with van der Waals surface area (Å²) in [6, 6.07) is 14.4. The lowest BCUT2D eigenvalue weighted by atomic mass is 10.1. The minimum absolute atomic E-state index is 0.0774. The molecule has 0 saturated carbocycles. The van der Waals surface area contributed by atoms with Gasteiger partial charge in [-0.05, 0) is 30.7 Å². The van der Waals surface area contributed by atoms with Gasteiger partial charge in [-0.1, -0.05) is 36.4 Å². The standard InChI is InChI=1S/C22H23N3O3/c1-3-12-23-22(28)17-9-5-6-10-18(17)24-21(27)16-13-20(26)25(14-16)19-11-7-4-8-15(19)2/h3-11,16H,1,12-14H2,2H3,(H,23,28)(H,24,27)/t16-/m0/s1. The lowest BCUT2D eigenvalue weighted by Gasteiger charge is -2.19. The van der Waals surface area contributed by atoms with Crippen molar-refractivity contribution < 1.29 is 14.4 Å². The first kappa shape index (κ1) is 19.4. The summed E-state index contributed by atoms with van der Waals surface area (Å²) < 4.78 is 0. The van der Waals surface area contributed by atoms with Crippen LogP contribution in [0.2, 0.25) is 0 Å². The molecule has 6 nitrogen and oxygen atoms in total. The molecule has 3 rings (SSSR count). The number of amides is 3. The first-order valence-electron chi connectivity index (χ1n) is 9.16. The van der Waals surface area contributed by atoms with Crippen LogP contribution in [0.3, 0.4) is 0 Å². The van der Waals surface area contributed by atoms with Crippen LogP contribution >= 0.6 is 0 Å². The van der Waals surface area contributed by atoms with Gasteiger partial charge in [0.2, 0.25) is 11.8 Å². The van der Waals surface area contributed by atoms with Crippen LogP contribution in [0, 0.1) is 12.8 Å². The smallest absolute Gasteiger partial charge is 0.253 e. The first-order valence-corrected chi connectivity index (χ1v) is 9.16. The predicted molar refractivity (Wildman–Crippen MR) is 109 cm³/mol. The SMILES string of the molecule is C=CCNC(=O)c1ccccc1NC(=O)[C@H]1CC(=O)N(c2ccccc2C)C1. The zero-order valence-corrected chi connectivity index (χ0v) is 15.8. The van der Waals surface area contributed by atoms with Crippen LogP contribution < -0.4 is 15.5 Å². The van der Waals surface area contributed by atoms with Crippen molar-refractivity contribution in [3.05, 3.63) is 72.3 Å². The monoisotopic (exact) mass is 377 g/mol. The second-order valence-electron chi connectivity index (χ2n) is 6.73. The Balaban J connectivity index is 1.73. The van der Waals surface area contributed by atoms with Crippen LogP contribution in [0.5, 0.6) is 0 Å².